The van der Waals surface area contributed by atoms with E-state index in [9.17, 15) is 43.5 Å². The molecule has 6 aliphatic heterocycles. The largest absolute Gasteiger partial charge is 0.497 e. The minimum atomic E-state index is -1.49. The van der Waals surface area contributed by atoms with Crippen LogP contribution in [-0.2, 0) is 51.3 Å². The van der Waals surface area contributed by atoms with E-state index in [1.54, 1.807) is 72.1 Å². The third kappa shape index (κ3) is 16.8. The Morgan fingerprint density at radius 1 is 0.697 bits per heavy atom. The average molecular weight is 1490 g/mol. The smallest absolute Gasteiger partial charge is 0.416 e. The summed E-state index contributed by atoms with van der Waals surface area (Å²) < 4.78 is 46.4. The van der Waals surface area contributed by atoms with Crippen LogP contribution in [0.25, 0.3) is 17.0 Å². The molecular formula is C80H92N12O17. The second-order valence-electron chi connectivity index (χ2n) is 28.4. The Labute approximate surface area is 631 Å². The van der Waals surface area contributed by atoms with Gasteiger partial charge in [0.05, 0.1) is 113 Å². The van der Waals surface area contributed by atoms with E-state index in [1.807, 2.05) is 91.1 Å². The van der Waals surface area contributed by atoms with Gasteiger partial charge in [-0.2, -0.15) is 0 Å². The molecule has 1 aliphatic carbocycles. The topological polar surface area (TPSA) is 331 Å². The van der Waals surface area contributed by atoms with E-state index in [0.29, 0.717) is 72.9 Å². The lowest BCUT2D eigenvalue weighted by Gasteiger charge is -2.31. The number of methoxy groups -OCH3 is 3. The normalized spacial score (nSPS) is 18.2. The van der Waals surface area contributed by atoms with Crippen molar-refractivity contribution in [2.75, 3.05) is 108 Å². The van der Waals surface area contributed by atoms with Crippen LogP contribution in [0.4, 0.5) is 27.5 Å². The van der Waals surface area contributed by atoms with Gasteiger partial charge in [-0.05, 0) is 109 Å². The van der Waals surface area contributed by atoms with Crippen molar-refractivity contribution < 1.29 is 81.4 Å². The Hall–Kier alpha value is -11.4. The standard InChI is InChI=1S/C80H92N12O17/c1-47(2)71(85-69(94)45-106-34-33-105-32-29-81-68(93)25-26-70(95)90-42-51-13-8-9-14-56(51)73-72(86-87-88(73)4)57-15-10-11-16-61(57)90)75(97)83-48(3)74(96)84-53-21-17-49(18-22-53)44-109-79(101)92-62-39-67(65(104-7)37-59(62)77(99)91-46-80(27-28-80)40-63(91)78(92)100)108-31-12-30-107-66-38-60-58(36-64(66)103-6)76(98)89-43-52(35-54(89)41-82-60)50-19-23-55(102-5)24-20-50/h8-11,13-24,36-39,43,47-48,54,63,71,78,82,86-87,100H,12,25-35,40-42,44-46H2,1-7H3,(H,81,93)(H,83,97)(H,84,96)(H,85,94)/t48-,54-,63-,71-,78?/m0/s1. The maximum Gasteiger partial charge on any atom is 0.416 e. The first-order valence-electron chi connectivity index (χ1n) is 36.7. The molecule has 1 saturated heterocycles. The number of para-hydroxylation sites is 1. The van der Waals surface area contributed by atoms with Crippen LogP contribution in [0.5, 0.6) is 28.7 Å². The molecule has 0 radical (unpaired) electrons. The molecule has 574 valence electrons. The molecule has 1 saturated carbocycles. The predicted octanol–water partition coefficient (Wildman–Crippen LogP) is 7.55. The van der Waals surface area contributed by atoms with E-state index < -0.39 is 48.2 Å². The lowest BCUT2D eigenvalue weighted by molar-refractivity contribution is -0.133. The van der Waals surface area contributed by atoms with Crippen LogP contribution in [0.1, 0.15) is 114 Å². The fourth-order valence-electron chi connectivity index (χ4n) is 14.6. The molecule has 109 heavy (non-hydrogen) atoms. The molecule has 5 atom stereocenters. The van der Waals surface area contributed by atoms with Gasteiger partial charge in [0.25, 0.3) is 11.8 Å². The van der Waals surface area contributed by atoms with Gasteiger partial charge in [0, 0.05) is 81.1 Å². The molecule has 2 fully saturated rings. The summed E-state index contributed by atoms with van der Waals surface area (Å²) in [5, 5.41) is 28.5. The number of anilines is 4. The molecule has 6 aromatic rings. The van der Waals surface area contributed by atoms with Gasteiger partial charge >= 0.3 is 6.09 Å². The molecule has 8 amide bonds. The molecule has 7 aliphatic rings. The zero-order chi connectivity index (χ0) is 76.6. The summed E-state index contributed by atoms with van der Waals surface area (Å²) >= 11 is 0. The summed E-state index contributed by atoms with van der Waals surface area (Å²) in [5.41, 5.74) is 15.8. The molecule has 8 N–H and O–H groups in total. The first-order chi connectivity index (χ1) is 52.7. The van der Waals surface area contributed by atoms with Crippen molar-refractivity contribution in [3.63, 3.8) is 0 Å². The fraction of sp³-hybridized carbons (Fsp3) is 0.400. The predicted molar refractivity (Wildman–Crippen MR) is 404 cm³/mol. The average Bonchev–Trinajstić information content (AvgIpc) is 1.57. The highest BCUT2D eigenvalue weighted by atomic mass is 16.6. The minimum Gasteiger partial charge on any atom is -0.497 e. The summed E-state index contributed by atoms with van der Waals surface area (Å²) in [6.45, 7) is 6.40. The maximum atomic E-state index is 14.5. The van der Waals surface area contributed by atoms with Crippen LogP contribution >= 0.6 is 0 Å². The van der Waals surface area contributed by atoms with Crippen molar-refractivity contribution in [2.24, 2.45) is 11.3 Å². The van der Waals surface area contributed by atoms with Gasteiger partial charge in [-0.1, -0.05) is 80.6 Å². The zero-order valence-electron chi connectivity index (χ0n) is 62.0. The Kier molecular flexibility index (Phi) is 23.2. The number of ether oxygens (including phenoxy) is 8. The second-order valence-corrected chi connectivity index (χ2v) is 28.4. The zero-order valence-corrected chi connectivity index (χ0v) is 62.0. The van der Waals surface area contributed by atoms with Crippen molar-refractivity contribution in [2.45, 2.75) is 109 Å². The van der Waals surface area contributed by atoms with E-state index in [4.69, 9.17) is 37.9 Å². The number of carbonyl (C=O) groups excluding carboxylic acids is 8. The fourth-order valence-corrected chi connectivity index (χ4v) is 14.6. The van der Waals surface area contributed by atoms with Crippen LogP contribution in [0.15, 0.2) is 128 Å². The molecule has 6 aromatic carbocycles. The summed E-state index contributed by atoms with van der Waals surface area (Å²) in [5.74, 6) is -1.14. The van der Waals surface area contributed by atoms with Crippen LogP contribution in [0.3, 0.4) is 0 Å². The second kappa shape index (κ2) is 33.4. The first-order valence-corrected chi connectivity index (χ1v) is 36.7. The molecule has 0 bridgehead atoms. The Morgan fingerprint density at radius 2 is 1.40 bits per heavy atom. The Balaban J connectivity index is 0.542. The third-order valence-electron chi connectivity index (χ3n) is 20.7. The summed E-state index contributed by atoms with van der Waals surface area (Å²) in [6, 6.07) is 33.4. The molecule has 1 spiro atoms. The van der Waals surface area contributed by atoms with Gasteiger partial charge in [-0.25, -0.2) is 9.69 Å². The molecule has 1 unspecified atom stereocenters. The van der Waals surface area contributed by atoms with Crippen molar-refractivity contribution in [3.8, 4) is 28.7 Å². The van der Waals surface area contributed by atoms with Crippen molar-refractivity contribution in [1.82, 2.24) is 41.7 Å². The van der Waals surface area contributed by atoms with Crippen molar-refractivity contribution >= 4 is 87.2 Å². The highest BCUT2D eigenvalue weighted by Gasteiger charge is 2.58. The number of hydrazine groups is 2. The molecule has 6 heterocycles. The highest BCUT2D eigenvalue weighted by molar-refractivity contribution is 6.07. The van der Waals surface area contributed by atoms with Gasteiger partial charge in [0.15, 0.2) is 29.2 Å². The van der Waals surface area contributed by atoms with Crippen molar-refractivity contribution in [1.29, 1.82) is 0 Å². The molecule has 0 aromatic heterocycles. The third-order valence-corrected chi connectivity index (χ3v) is 20.7. The number of rotatable bonds is 29. The number of aliphatic hydroxyl groups is 1. The number of hydrogen-bond acceptors (Lipinski definition) is 21. The van der Waals surface area contributed by atoms with Crippen LogP contribution < -0.4 is 71.0 Å². The number of nitrogens with zero attached hydrogens (tertiary/aromatic N) is 5. The van der Waals surface area contributed by atoms with Gasteiger partial charge in [-0.3, -0.25) is 38.6 Å². The monoisotopic (exact) mass is 1490 g/mol. The number of amides is 8. The molecule has 13 rings (SSSR count). The van der Waals surface area contributed by atoms with E-state index in [0.717, 1.165) is 68.4 Å². The van der Waals surface area contributed by atoms with Crippen molar-refractivity contribution in [3.05, 3.63) is 166 Å². The minimum absolute atomic E-state index is 0.0136. The number of hydrogen-bond donors (Lipinski definition) is 8. The first kappa shape index (κ1) is 75.8. The number of carbonyl (C=O) groups is 8. The van der Waals surface area contributed by atoms with Gasteiger partial charge in [-0.15, -0.1) is 5.53 Å². The SMILES string of the molecule is COc1ccc(C2=CN3C(=O)c4cc(OC)c(OCCCOc5cc6c(cc5OC)C(=O)N5CC7(CC7)C[C@H]5C(O)N6C(=O)OCc5ccc(NC(=O)[C@H](C)NC(=O)[C@@H](NC(=O)COCCOCCNC(=O)CCC(=O)N6Cc7ccccc7C7=C(NNN7C)c7ccccc76)C(C)C)cc5)cc4NC[C@@H]3C2)cc1. The lowest BCUT2D eigenvalue weighted by atomic mass is 9.96. The number of aliphatic hydroxyl groups excluding tert-OH is 1. The molecule has 29 nitrogen and oxygen atoms in total. The number of benzene rings is 6. The quantitative estimate of drug-likeness (QED) is 0.0210. The Morgan fingerprint density at radius 3 is 2.13 bits per heavy atom. The van der Waals surface area contributed by atoms with E-state index in [2.05, 4.69) is 37.5 Å². The molecular weight excluding hydrogens is 1400 g/mol. The van der Waals surface area contributed by atoms with Gasteiger partial charge in [0.1, 0.15) is 31.0 Å². The van der Waals surface area contributed by atoms with Crippen LogP contribution in [0.2, 0.25) is 0 Å². The lowest BCUT2D eigenvalue weighted by Crippen LogP contribution is -2.54. The van der Waals surface area contributed by atoms with Crippen LogP contribution in [0, 0.1) is 11.3 Å². The van der Waals surface area contributed by atoms with E-state index in [1.165, 1.54) is 33.3 Å². The van der Waals surface area contributed by atoms with Gasteiger partial charge in [0.2, 0.25) is 29.5 Å². The summed E-state index contributed by atoms with van der Waals surface area (Å²) in [7, 11) is 6.50. The Bertz CT molecular complexity index is 4510. The van der Waals surface area contributed by atoms with E-state index in [-0.39, 0.29) is 129 Å². The molecule has 29 heteroatoms. The highest BCUT2D eigenvalue weighted by Crippen LogP contribution is 2.57. The van der Waals surface area contributed by atoms with Gasteiger partial charge < -0.3 is 89.7 Å². The number of fused-ring (bicyclic) bond motifs is 8. The number of nitrogens with one attached hydrogen (secondary N) is 7. The summed E-state index contributed by atoms with van der Waals surface area (Å²) in [4.78, 5) is 116. The van der Waals surface area contributed by atoms with Crippen LogP contribution in [-0.4, -0.2) is 185 Å². The van der Waals surface area contributed by atoms with E-state index >= 15 is 0 Å². The summed E-state index contributed by atoms with van der Waals surface area (Å²) in [6.07, 6.45) is 2.76. The maximum absolute atomic E-state index is 14.5.